The zero-order valence-electron chi connectivity index (χ0n) is 9.71. The van der Waals surface area contributed by atoms with Crippen LogP contribution in [0.5, 0.6) is 5.88 Å². The number of aromatic nitrogens is 2. The van der Waals surface area contributed by atoms with Crippen LogP contribution in [0.25, 0.3) is 0 Å². The molecule has 0 amide bonds. The molecule has 0 saturated carbocycles. The van der Waals surface area contributed by atoms with Gasteiger partial charge in [0.1, 0.15) is 12.1 Å². The van der Waals surface area contributed by atoms with Crippen LogP contribution >= 0.6 is 0 Å². The van der Waals surface area contributed by atoms with Crippen molar-refractivity contribution < 1.29 is 4.74 Å². The number of ether oxygens (including phenoxy) is 1. The average molecular weight is 209 g/mol. The van der Waals surface area contributed by atoms with E-state index in [1.807, 2.05) is 6.92 Å². The van der Waals surface area contributed by atoms with Crippen molar-refractivity contribution in [3.8, 4) is 5.88 Å². The molecule has 0 aliphatic heterocycles. The lowest BCUT2D eigenvalue weighted by molar-refractivity contribution is 0.322. The summed E-state index contributed by atoms with van der Waals surface area (Å²) < 4.78 is 5.46. The highest BCUT2D eigenvalue weighted by molar-refractivity contribution is 5.48. The molecular weight excluding hydrogens is 190 g/mol. The van der Waals surface area contributed by atoms with Crippen LogP contribution in [0.4, 0.5) is 5.82 Å². The van der Waals surface area contributed by atoms with E-state index in [0.717, 1.165) is 30.8 Å². The Balaban J connectivity index is 2.88. The molecule has 15 heavy (non-hydrogen) atoms. The summed E-state index contributed by atoms with van der Waals surface area (Å²) in [6.07, 6.45) is 3.50. The van der Waals surface area contributed by atoms with Crippen molar-refractivity contribution >= 4 is 5.82 Å². The molecule has 0 spiro atoms. The second-order valence-electron chi connectivity index (χ2n) is 3.22. The van der Waals surface area contributed by atoms with Crippen molar-refractivity contribution in [2.75, 3.05) is 18.5 Å². The van der Waals surface area contributed by atoms with Crippen LogP contribution < -0.4 is 10.1 Å². The molecule has 0 atom stereocenters. The summed E-state index contributed by atoms with van der Waals surface area (Å²) in [5.41, 5.74) is 1.06. The molecule has 0 radical (unpaired) electrons. The normalized spacial score (nSPS) is 10.1. The van der Waals surface area contributed by atoms with Gasteiger partial charge in [-0.05, 0) is 19.8 Å². The maximum Gasteiger partial charge on any atom is 0.221 e. The lowest BCUT2D eigenvalue weighted by Gasteiger charge is -2.12. The molecule has 1 aromatic rings. The van der Waals surface area contributed by atoms with Gasteiger partial charge in [-0.2, -0.15) is 0 Å². The molecule has 84 valence electrons. The first-order valence-corrected chi connectivity index (χ1v) is 5.53. The van der Waals surface area contributed by atoms with Crippen molar-refractivity contribution in [3.05, 3.63) is 11.9 Å². The van der Waals surface area contributed by atoms with Gasteiger partial charge in [0.25, 0.3) is 0 Å². The van der Waals surface area contributed by atoms with E-state index in [1.165, 1.54) is 0 Å². The van der Waals surface area contributed by atoms with Gasteiger partial charge in [-0.25, -0.2) is 9.97 Å². The van der Waals surface area contributed by atoms with E-state index in [1.54, 1.807) is 6.33 Å². The first-order chi connectivity index (χ1) is 7.33. The third kappa shape index (κ3) is 3.08. The molecule has 1 heterocycles. The number of hydrogen-bond acceptors (Lipinski definition) is 4. The lowest BCUT2D eigenvalue weighted by Crippen LogP contribution is -2.08. The van der Waals surface area contributed by atoms with Gasteiger partial charge in [0.2, 0.25) is 5.88 Å². The standard InChI is InChI=1S/C11H19N3O/c1-4-7-12-10-9(5-2)11(15-6-3)14-8-13-10/h8H,4-7H2,1-3H3,(H,12,13,14). The summed E-state index contributed by atoms with van der Waals surface area (Å²) in [5, 5.41) is 3.28. The Morgan fingerprint density at radius 2 is 2.07 bits per heavy atom. The maximum atomic E-state index is 5.46. The van der Waals surface area contributed by atoms with Crippen molar-refractivity contribution in [2.45, 2.75) is 33.6 Å². The average Bonchev–Trinajstić information content (AvgIpc) is 2.27. The van der Waals surface area contributed by atoms with Gasteiger partial charge in [-0.1, -0.05) is 13.8 Å². The van der Waals surface area contributed by atoms with Crippen LogP contribution in [0.15, 0.2) is 6.33 Å². The summed E-state index contributed by atoms with van der Waals surface area (Å²) in [5.74, 6) is 1.60. The molecule has 0 aliphatic carbocycles. The molecule has 0 bridgehead atoms. The van der Waals surface area contributed by atoms with E-state index in [4.69, 9.17) is 4.74 Å². The topological polar surface area (TPSA) is 47.0 Å². The fourth-order valence-corrected chi connectivity index (χ4v) is 1.37. The Bertz CT molecular complexity index is 302. The third-order valence-electron chi connectivity index (χ3n) is 2.08. The molecule has 0 aliphatic rings. The van der Waals surface area contributed by atoms with Crippen LogP contribution in [0, 0.1) is 0 Å². The van der Waals surface area contributed by atoms with E-state index < -0.39 is 0 Å². The SMILES string of the molecule is CCCNc1ncnc(OCC)c1CC. The van der Waals surface area contributed by atoms with E-state index in [-0.39, 0.29) is 0 Å². The molecule has 0 saturated heterocycles. The Labute approximate surface area is 91.1 Å². The number of nitrogens with one attached hydrogen (secondary N) is 1. The monoisotopic (exact) mass is 209 g/mol. The second-order valence-corrected chi connectivity index (χ2v) is 3.22. The predicted octanol–water partition coefficient (Wildman–Crippen LogP) is 2.26. The summed E-state index contributed by atoms with van der Waals surface area (Å²) in [6.45, 7) is 7.73. The summed E-state index contributed by atoms with van der Waals surface area (Å²) in [7, 11) is 0. The minimum atomic E-state index is 0.636. The molecule has 4 nitrogen and oxygen atoms in total. The fourth-order valence-electron chi connectivity index (χ4n) is 1.37. The summed E-state index contributed by atoms with van der Waals surface area (Å²) >= 11 is 0. The smallest absolute Gasteiger partial charge is 0.221 e. The number of nitrogens with zero attached hydrogens (tertiary/aromatic N) is 2. The van der Waals surface area contributed by atoms with E-state index in [9.17, 15) is 0 Å². The molecule has 1 rings (SSSR count). The van der Waals surface area contributed by atoms with Crippen LogP contribution in [-0.4, -0.2) is 23.1 Å². The van der Waals surface area contributed by atoms with Crippen molar-refractivity contribution in [2.24, 2.45) is 0 Å². The number of hydrogen-bond donors (Lipinski definition) is 1. The van der Waals surface area contributed by atoms with Gasteiger partial charge in [0, 0.05) is 6.54 Å². The Morgan fingerprint density at radius 3 is 2.67 bits per heavy atom. The van der Waals surface area contributed by atoms with Crippen molar-refractivity contribution in [3.63, 3.8) is 0 Å². The highest BCUT2D eigenvalue weighted by atomic mass is 16.5. The molecule has 0 unspecified atom stereocenters. The van der Waals surface area contributed by atoms with Gasteiger partial charge in [0.15, 0.2) is 0 Å². The van der Waals surface area contributed by atoms with E-state index in [2.05, 4.69) is 29.1 Å². The van der Waals surface area contributed by atoms with Gasteiger partial charge in [-0.3, -0.25) is 0 Å². The third-order valence-corrected chi connectivity index (χ3v) is 2.08. The van der Waals surface area contributed by atoms with Crippen LogP contribution in [0.1, 0.15) is 32.8 Å². The number of anilines is 1. The van der Waals surface area contributed by atoms with Crippen LogP contribution in [-0.2, 0) is 6.42 Å². The Hall–Kier alpha value is -1.32. The van der Waals surface area contributed by atoms with Crippen LogP contribution in [0.2, 0.25) is 0 Å². The van der Waals surface area contributed by atoms with Gasteiger partial charge < -0.3 is 10.1 Å². The predicted molar refractivity (Wildman–Crippen MR) is 61.4 cm³/mol. The van der Waals surface area contributed by atoms with Gasteiger partial charge >= 0.3 is 0 Å². The molecule has 0 fully saturated rings. The maximum absolute atomic E-state index is 5.46. The fraction of sp³-hybridized carbons (Fsp3) is 0.636. The highest BCUT2D eigenvalue weighted by Gasteiger charge is 2.09. The molecular formula is C11H19N3O. The zero-order valence-corrected chi connectivity index (χ0v) is 9.71. The first kappa shape index (κ1) is 11.8. The Kier molecular flexibility index (Phi) is 4.87. The Morgan fingerprint density at radius 1 is 1.27 bits per heavy atom. The molecule has 1 N–H and O–H groups in total. The summed E-state index contributed by atoms with van der Waals surface area (Å²) in [4.78, 5) is 8.36. The van der Waals surface area contributed by atoms with E-state index >= 15 is 0 Å². The second kappa shape index (κ2) is 6.22. The highest BCUT2D eigenvalue weighted by Crippen LogP contribution is 2.22. The van der Waals surface area contributed by atoms with E-state index in [0.29, 0.717) is 12.5 Å². The lowest BCUT2D eigenvalue weighted by atomic mass is 10.2. The first-order valence-electron chi connectivity index (χ1n) is 5.53. The quantitative estimate of drug-likeness (QED) is 0.780. The van der Waals surface area contributed by atoms with Crippen molar-refractivity contribution in [1.82, 2.24) is 9.97 Å². The largest absolute Gasteiger partial charge is 0.478 e. The number of rotatable bonds is 6. The van der Waals surface area contributed by atoms with Gasteiger partial charge in [-0.15, -0.1) is 0 Å². The zero-order chi connectivity index (χ0) is 11.1. The minimum absolute atomic E-state index is 0.636. The molecule has 1 aromatic heterocycles. The molecule has 4 heteroatoms. The van der Waals surface area contributed by atoms with Crippen molar-refractivity contribution in [1.29, 1.82) is 0 Å². The summed E-state index contributed by atoms with van der Waals surface area (Å²) in [6, 6.07) is 0. The van der Waals surface area contributed by atoms with Crippen LogP contribution in [0.3, 0.4) is 0 Å². The minimum Gasteiger partial charge on any atom is -0.478 e. The molecule has 0 aromatic carbocycles. The van der Waals surface area contributed by atoms with Gasteiger partial charge in [0.05, 0.1) is 12.2 Å².